The summed E-state index contributed by atoms with van der Waals surface area (Å²) in [5.41, 5.74) is 3.10. The molecule has 9 heteroatoms. The minimum Gasteiger partial charge on any atom is -0.481 e. The largest absolute Gasteiger partial charge is 0.481 e. The molecule has 6 nitrogen and oxygen atoms in total. The summed E-state index contributed by atoms with van der Waals surface area (Å²) in [5.74, 6) is -1.62. The van der Waals surface area contributed by atoms with E-state index < -0.39 is 29.7 Å². The average Bonchev–Trinajstić information content (AvgIpc) is 2.81. The maximum atomic E-state index is 12.6. The molecule has 0 heterocycles. The van der Waals surface area contributed by atoms with Crippen LogP contribution in [0.15, 0.2) is 66.7 Å². The number of aryl methyl sites for hydroxylation is 1. The number of fused-ring (bicyclic) bond motifs is 1. The number of hydrogen-bond acceptors (Lipinski definition) is 3. The fraction of sp³-hybridized carbons (Fsp3) is 0.192. The number of halogens is 3. The molecule has 0 aliphatic heterocycles. The van der Waals surface area contributed by atoms with E-state index in [0.29, 0.717) is 24.1 Å². The number of carbonyl (C=O) groups excluding carboxylic acids is 2. The lowest BCUT2D eigenvalue weighted by atomic mass is 9.80. The third-order valence-electron chi connectivity index (χ3n) is 5.87. The molecule has 2 amide bonds. The molecule has 0 saturated heterocycles. The number of carbonyl (C=O) groups is 3. The van der Waals surface area contributed by atoms with Gasteiger partial charge >= 0.3 is 18.2 Å². The van der Waals surface area contributed by atoms with Gasteiger partial charge in [-0.25, -0.2) is 4.79 Å². The zero-order valence-electron chi connectivity index (χ0n) is 18.4. The van der Waals surface area contributed by atoms with Crippen molar-refractivity contribution >= 4 is 29.2 Å². The number of hydrogen-bond donors (Lipinski definition) is 3. The zero-order chi connectivity index (χ0) is 25.2. The number of Topliss-reactive ketones (excluding diaryl/α,β-unsaturated/α-hetero) is 1. The summed E-state index contributed by atoms with van der Waals surface area (Å²) >= 11 is 0. The van der Waals surface area contributed by atoms with E-state index >= 15 is 0 Å². The molecular formula is C26H21F3N2O4. The second-order valence-corrected chi connectivity index (χ2v) is 8.30. The molecule has 4 rings (SSSR count). The van der Waals surface area contributed by atoms with Gasteiger partial charge in [0.1, 0.15) is 0 Å². The Bertz CT molecular complexity index is 1270. The highest BCUT2D eigenvalue weighted by atomic mass is 19.4. The third-order valence-corrected chi connectivity index (χ3v) is 5.87. The molecule has 1 atom stereocenters. The van der Waals surface area contributed by atoms with Crippen molar-refractivity contribution in [1.82, 2.24) is 0 Å². The monoisotopic (exact) mass is 482 g/mol. The van der Waals surface area contributed by atoms with Crippen molar-refractivity contribution in [2.75, 3.05) is 10.6 Å². The van der Waals surface area contributed by atoms with Gasteiger partial charge < -0.3 is 15.7 Å². The van der Waals surface area contributed by atoms with Crippen LogP contribution in [0.2, 0.25) is 0 Å². The van der Waals surface area contributed by atoms with Crippen molar-refractivity contribution in [3.8, 4) is 11.1 Å². The van der Waals surface area contributed by atoms with E-state index in [0.717, 1.165) is 28.8 Å². The highest BCUT2D eigenvalue weighted by Gasteiger charge is 2.30. The van der Waals surface area contributed by atoms with Crippen molar-refractivity contribution in [2.45, 2.75) is 25.4 Å². The lowest BCUT2D eigenvalue weighted by Crippen LogP contribution is -2.24. The Labute approximate surface area is 198 Å². The SMILES string of the molecule is O=C(O)CC1CCc2cc(-c3ccc(NC(=O)Nc4ccc(C(F)(F)F)cc4)cc3)ccc2C1=O. The van der Waals surface area contributed by atoms with Crippen LogP contribution in [0.3, 0.4) is 0 Å². The molecule has 0 spiro atoms. The van der Waals surface area contributed by atoms with Gasteiger partial charge in [0.15, 0.2) is 5.78 Å². The summed E-state index contributed by atoms with van der Waals surface area (Å²) in [6.45, 7) is 0. The predicted octanol–water partition coefficient (Wildman–Crippen LogP) is 6.24. The van der Waals surface area contributed by atoms with Crippen molar-refractivity contribution < 1.29 is 32.7 Å². The molecule has 0 aromatic heterocycles. The van der Waals surface area contributed by atoms with Gasteiger partial charge in [0.25, 0.3) is 0 Å². The molecule has 0 radical (unpaired) electrons. The summed E-state index contributed by atoms with van der Waals surface area (Å²) in [4.78, 5) is 35.7. The number of nitrogens with one attached hydrogen (secondary N) is 2. The Morgan fingerprint density at radius 3 is 2.03 bits per heavy atom. The molecule has 3 aromatic carbocycles. The first-order chi connectivity index (χ1) is 16.6. The first-order valence-corrected chi connectivity index (χ1v) is 10.8. The number of carboxylic acids is 1. The minimum absolute atomic E-state index is 0.140. The lowest BCUT2D eigenvalue weighted by Gasteiger charge is -2.22. The summed E-state index contributed by atoms with van der Waals surface area (Å²) < 4.78 is 37.9. The van der Waals surface area contributed by atoms with Gasteiger partial charge in [-0.3, -0.25) is 9.59 Å². The number of urea groups is 1. The predicted molar refractivity (Wildman–Crippen MR) is 124 cm³/mol. The van der Waals surface area contributed by atoms with Crippen LogP contribution in [0, 0.1) is 5.92 Å². The number of anilines is 2. The van der Waals surface area contributed by atoms with E-state index in [1.807, 2.05) is 6.07 Å². The summed E-state index contributed by atoms with van der Waals surface area (Å²) in [5, 5.41) is 14.1. The van der Waals surface area contributed by atoms with Gasteiger partial charge in [0.2, 0.25) is 0 Å². The molecule has 1 unspecified atom stereocenters. The molecule has 35 heavy (non-hydrogen) atoms. The first kappa shape index (κ1) is 24.0. The van der Waals surface area contributed by atoms with Crippen molar-refractivity contribution in [3.63, 3.8) is 0 Å². The topological polar surface area (TPSA) is 95.5 Å². The van der Waals surface area contributed by atoms with E-state index in [9.17, 15) is 27.6 Å². The second-order valence-electron chi connectivity index (χ2n) is 8.30. The van der Waals surface area contributed by atoms with Crippen molar-refractivity contribution in [3.05, 3.63) is 83.4 Å². The molecule has 0 saturated carbocycles. The van der Waals surface area contributed by atoms with Gasteiger partial charge in [-0.2, -0.15) is 13.2 Å². The Balaban J connectivity index is 1.40. The molecule has 1 aliphatic carbocycles. The van der Waals surface area contributed by atoms with E-state index in [2.05, 4.69) is 10.6 Å². The fourth-order valence-corrected chi connectivity index (χ4v) is 4.09. The van der Waals surface area contributed by atoms with E-state index in [1.165, 1.54) is 12.1 Å². The summed E-state index contributed by atoms with van der Waals surface area (Å²) in [7, 11) is 0. The van der Waals surface area contributed by atoms with Crippen LogP contribution in [-0.2, 0) is 17.4 Å². The summed E-state index contributed by atoms with van der Waals surface area (Å²) in [6.07, 6.45) is -3.49. The Morgan fingerprint density at radius 1 is 0.886 bits per heavy atom. The normalized spacial score (nSPS) is 15.3. The smallest absolute Gasteiger partial charge is 0.416 e. The number of carboxylic acid groups (broad SMARTS) is 1. The number of amides is 2. The van der Waals surface area contributed by atoms with Crippen LogP contribution in [-0.4, -0.2) is 22.9 Å². The Hall–Kier alpha value is -4.14. The summed E-state index contributed by atoms with van der Waals surface area (Å²) in [6, 6.07) is 16.0. The fourth-order valence-electron chi connectivity index (χ4n) is 4.09. The molecule has 3 aromatic rings. The van der Waals surface area contributed by atoms with Crippen LogP contribution in [0.25, 0.3) is 11.1 Å². The van der Waals surface area contributed by atoms with Gasteiger partial charge in [-0.05, 0) is 65.9 Å². The quantitative estimate of drug-likeness (QED) is 0.401. The molecule has 3 N–H and O–H groups in total. The molecule has 180 valence electrons. The third kappa shape index (κ3) is 5.68. The second kappa shape index (κ2) is 9.61. The Morgan fingerprint density at radius 2 is 1.46 bits per heavy atom. The number of aliphatic carboxylic acids is 1. The first-order valence-electron chi connectivity index (χ1n) is 10.8. The van der Waals surface area contributed by atoms with Gasteiger partial charge in [-0.15, -0.1) is 0 Å². The molecule has 0 fully saturated rings. The van der Waals surface area contributed by atoms with Crippen molar-refractivity contribution in [2.24, 2.45) is 5.92 Å². The van der Waals surface area contributed by atoms with E-state index in [1.54, 1.807) is 36.4 Å². The maximum Gasteiger partial charge on any atom is 0.416 e. The van der Waals surface area contributed by atoms with Gasteiger partial charge in [0, 0.05) is 22.9 Å². The van der Waals surface area contributed by atoms with Crippen LogP contribution < -0.4 is 10.6 Å². The average molecular weight is 482 g/mol. The van der Waals surface area contributed by atoms with Crippen LogP contribution in [0.4, 0.5) is 29.3 Å². The molecule has 0 bridgehead atoms. The van der Waals surface area contributed by atoms with E-state index in [4.69, 9.17) is 5.11 Å². The van der Waals surface area contributed by atoms with Crippen molar-refractivity contribution in [1.29, 1.82) is 0 Å². The number of ketones is 1. The van der Waals surface area contributed by atoms with Crippen LogP contribution in [0.5, 0.6) is 0 Å². The highest BCUT2D eigenvalue weighted by molar-refractivity contribution is 6.02. The maximum absolute atomic E-state index is 12.6. The van der Waals surface area contributed by atoms with Gasteiger partial charge in [-0.1, -0.05) is 30.3 Å². The lowest BCUT2D eigenvalue weighted by molar-refractivity contribution is -0.138. The number of alkyl halides is 3. The number of rotatable bonds is 5. The zero-order valence-corrected chi connectivity index (χ0v) is 18.4. The van der Waals surface area contributed by atoms with E-state index in [-0.39, 0.29) is 17.9 Å². The minimum atomic E-state index is -4.45. The van der Waals surface area contributed by atoms with Gasteiger partial charge in [0.05, 0.1) is 12.0 Å². The molecule has 1 aliphatic rings. The number of benzene rings is 3. The Kier molecular flexibility index (Phi) is 6.59. The highest BCUT2D eigenvalue weighted by Crippen LogP contribution is 2.32. The van der Waals surface area contributed by atoms with Crippen LogP contribution >= 0.6 is 0 Å². The molecular weight excluding hydrogens is 461 g/mol. The standard InChI is InChI=1S/C26H21F3N2O4/c27-26(28,29)19-6-10-21(11-7-19)31-25(35)30-20-8-3-15(4-9-20)16-5-12-22-17(13-16)1-2-18(24(22)34)14-23(32)33/h3-13,18H,1-2,14H2,(H,32,33)(H2,30,31,35). The van der Waals surface area contributed by atoms with Crippen LogP contribution in [0.1, 0.15) is 34.3 Å².